The number of hydrazine groups is 1. The van der Waals surface area contributed by atoms with Crippen molar-refractivity contribution in [3.63, 3.8) is 0 Å². The molecule has 0 bridgehead atoms. The number of nitrogens with one attached hydrogen (secondary N) is 2. The summed E-state index contributed by atoms with van der Waals surface area (Å²) in [4.78, 5) is 4.50. The van der Waals surface area contributed by atoms with Crippen molar-refractivity contribution >= 4 is 5.96 Å². The quantitative estimate of drug-likeness (QED) is 0.297. The number of nitrogens with two attached hydrogens (primary N) is 1. The Morgan fingerprint density at radius 3 is 2.76 bits per heavy atom. The summed E-state index contributed by atoms with van der Waals surface area (Å²) in [7, 11) is 0. The van der Waals surface area contributed by atoms with Gasteiger partial charge in [-0.05, 0) is 32.6 Å². The summed E-state index contributed by atoms with van der Waals surface area (Å²) in [6.45, 7) is 3.65. The number of hydrogen-bond donors (Lipinski definition) is 3. The number of ether oxygens (including phenoxy) is 1. The van der Waals surface area contributed by atoms with E-state index in [2.05, 4.69) is 22.7 Å². The molecule has 4 N–H and O–H groups in total. The van der Waals surface area contributed by atoms with Gasteiger partial charge in [-0.15, -0.1) is 0 Å². The molecule has 0 radical (unpaired) electrons. The van der Waals surface area contributed by atoms with Gasteiger partial charge in [-0.2, -0.15) is 0 Å². The molecule has 5 nitrogen and oxygen atoms in total. The van der Waals surface area contributed by atoms with Crippen LogP contribution in [0.2, 0.25) is 0 Å². The van der Waals surface area contributed by atoms with Gasteiger partial charge < -0.3 is 10.1 Å². The second kappa shape index (κ2) is 5.69. The average molecular weight is 240 g/mol. The fourth-order valence-corrected chi connectivity index (χ4v) is 2.60. The topological polar surface area (TPSA) is 71.7 Å². The van der Waals surface area contributed by atoms with Crippen LogP contribution in [0.25, 0.3) is 0 Å². The Kier molecular flexibility index (Phi) is 4.23. The third-order valence-corrected chi connectivity index (χ3v) is 3.70. The highest BCUT2D eigenvalue weighted by molar-refractivity contribution is 5.79. The van der Waals surface area contributed by atoms with E-state index in [-0.39, 0.29) is 5.60 Å². The average Bonchev–Trinajstić information content (AvgIpc) is 2.96. The summed E-state index contributed by atoms with van der Waals surface area (Å²) in [5.41, 5.74) is 2.56. The van der Waals surface area contributed by atoms with Crippen molar-refractivity contribution in [2.75, 3.05) is 13.2 Å². The predicted molar refractivity (Wildman–Crippen MR) is 68.6 cm³/mol. The fourth-order valence-electron chi connectivity index (χ4n) is 2.60. The van der Waals surface area contributed by atoms with Gasteiger partial charge in [-0.1, -0.05) is 12.8 Å². The molecule has 0 aromatic carbocycles. The Morgan fingerprint density at radius 1 is 1.41 bits per heavy atom. The van der Waals surface area contributed by atoms with Crippen LogP contribution >= 0.6 is 0 Å². The molecule has 1 saturated carbocycles. The molecule has 2 aliphatic rings. The first-order chi connectivity index (χ1) is 8.22. The van der Waals surface area contributed by atoms with E-state index in [9.17, 15) is 0 Å². The smallest absolute Gasteiger partial charge is 0.206 e. The highest BCUT2D eigenvalue weighted by atomic mass is 16.5. The predicted octanol–water partition coefficient (Wildman–Crippen LogP) is 0.907. The standard InChI is InChI=1S/C12H24N4O/c1-12(7-4-8-17-12)9-14-11(16-13)15-10-5-2-3-6-10/h10H,2-9,13H2,1H3,(H2,14,15,16). The molecule has 1 aliphatic carbocycles. The first-order valence-corrected chi connectivity index (χ1v) is 6.63. The van der Waals surface area contributed by atoms with E-state index >= 15 is 0 Å². The lowest BCUT2D eigenvalue weighted by atomic mass is 10.0. The van der Waals surface area contributed by atoms with Crippen molar-refractivity contribution in [1.29, 1.82) is 0 Å². The zero-order chi connectivity index (χ0) is 12.1. The van der Waals surface area contributed by atoms with Crippen molar-refractivity contribution in [1.82, 2.24) is 10.7 Å². The minimum atomic E-state index is -0.0978. The molecule has 98 valence electrons. The Morgan fingerprint density at radius 2 is 2.18 bits per heavy atom. The van der Waals surface area contributed by atoms with E-state index in [0.29, 0.717) is 18.5 Å². The normalized spacial score (nSPS) is 30.8. The van der Waals surface area contributed by atoms with Gasteiger partial charge in [0.05, 0.1) is 12.1 Å². The van der Waals surface area contributed by atoms with Crippen LogP contribution in [0.1, 0.15) is 45.4 Å². The van der Waals surface area contributed by atoms with Crippen molar-refractivity contribution in [2.45, 2.75) is 57.1 Å². The highest BCUT2D eigenvalue weighted by Crippen LogP contribution is 2.25. The Hall–Kier alpha value is -0.810. The third-order valence-electron chi connectivity index (χ3n) is 3.70. The number of guanidine groups is 1. The minimum Gasteiger partial charge on any atom is -0.373 e. The Balaban J connectivity index is 1.83. The molecule has 0 spiro atoms. The first-order valence-electron chi connectivity index (χ1n) is 6.63. The van der Waals surface area contributed by atoms with E-state index in [1.165, 1.54) is 25.7 Å². The zero-order valence-electron chi connectivity index (χ0n) is 10.7. The zero-order valence-corrected chi connectivity index (χ0v) is 10.7. The van der Waals surface area contributed by atoms with Gasteiger partial charge in [-0.3, -0.25) is 5.43 Å². The van der Waals surface area contributed by atoms with Crippen LogP contribution in [0.4, 0.5) is 0 Å². The Labute approximate surface area is 103 Å². The molecule has 2 fully saturated rings. The second-order valence-electron chi connectivity index (χ2n) is 5.34. The molecule has 5 heteroatoms. The van der Waals surface area contributed by atoms with Gasteiger partial charge in [0.2, 0.25) is 5.96 Å². The minimum absolute atomic E-state index is 0.0978. The summed E-state index contributed by atoms with van der Waals surface area (Å²) in [5, 5.41) is 3.37. The maximum Gasteiger partial charge on any atom is 0.206 e. The van der Waals surface area contributed by atoms with E-state index < -0.39 is 0 Å². The molecule has 1 unspecified atom stereocenters. The van der Waals surface area contributed by atoms with E-state index in [4.69, 9.17) is 10.6 Å². The van der Waals surface area contributed by atoms with Gasteiger partial charge in [0.25, 0.3) is 0 Å². The summed E-state index contributed by atoms with van der Waals surface area (Å²) in [6, 6.07) is 0.530. The summed E-state index contributed by atoms with van der Waals surface area (Å²) >= 11 is 0. The lowest BCUT2D eigenvalue weighted by Crippen LogP contribution is -2.46. The second-order valence-corrected chi connectivity index (χ2v) is 5.34. The number of nitrogens with zero attached hydrogens (tertiary/aromatic N) is 1. The maximum atomic E-state index is 5.70. The molecule has 1 atom stereocenters. The number of hydrogen-bond acceptors (Lipinski definition) is 3. The van der Waals surface area contributed by atoms with Gasteiger partial charge in [0.1, 0.15) is 0 Å². The van der Waals surface area contributed by atoms with Crippen LogP contribution in [0, 0.1) is 0 Å². The van der Waals surface area contributed by atoms with E-state index in [1.54, 1.807) is 0 Å². The van der Waals surface area contributed by atoms with Crippen LogP contribution < -0.4 is 16.6 Å². The first kappa shape index (κ1) is 12.6. The van der Waals surface area contributed by atoms with Crippen molar-refractivity contribution in [3.05, 3.63) is 0 Å². The molecule has 0 aromatic heterocycles. The van der Waals surface area contributed by atoms with Crippen LogP contribution in [0.15, 0.2) is 4.99 Å². The van der Waals surface area contributed by atoms with Gasteiger partial charge in [0.15, 0.2) is 0 Å². The molecule has 17 heavy (non-hydrogen) atoms. The lowest BCUT2D eigenvalue weighted by molar-refractivity contribution is 0.0283. The fraction of sp³-hybridized carbons (Fsp3) is 0.917. The molecule has 1 aliphatic heterocycles. The van der Waals surface area contributed by atoms with Crippen molar-refractivity contribution < 1.29 is 4.74 Å². The monoisotopic (exact) mass is 240 g/mol. The third kappa shape index (κ3) is 3.57. The summed E-state index contributed by atoms with van der Waals surface area (Å²) in [5.74, 6) is 6.20. The summed E-state index contributed by atoms with van der Waals surface area (Å²) < 4.78 is 5.70. The summed E-state index contributed by atoms with van der Waals surface area (Å²) in [6.07, 6.45) is 7.25. The van der Waals surface area contributed by atoms with Gasteiger partial charge >= 0.3 is 0 Å². The molecule has 2 rings (SSSR count). The van der Waals surface area contributed by atoms with E-state index in [1.807, 2.05) is 0 Å². The van der Waals surface area contributed by atoms with Gasteiger partial charge in [-0.25, -0.2) is 10.8 Å². The van der Waals surface area contributed by atoms with Crippen LogP contribution in [-0.4, -0.2) is 30.8 Å². The Bertz CT molecular complexity index is 268. The molecule has 0 aromatic rings. The van der Waals surface area contributed by atoms with Crippen LogP contribution in [-0.2, 0) is 4.74 Å². The molecular formula is C12H24N4O. The largest absolute Gasteiger partial charge is 0.373 e. The number of rotatable bonds is 3. The van der Waals surface area contributed by atoms with Gasteiger partial charge in [0, 0.05) is 12.6 Å². The van der Waals surface area contributed by atoms with Crippen molar-refractivity contribution in [2.24, 2.45) is 10.8 Å². The highest BCUT2D eigenvalue weighted by Gasteiger charge is 2.29. The molecular weight excluding hydrogens is 216 g/mol. The van der Waals surface area contributed by atoms with Crippen molar-refractivity contribution in [3.8, 4) is 0 Å². The van der Waals surface area contributed by atoms with Crippen LogP contribution in [0.3, 0.4) is 0 Å². The molecule has 1 saturated heterocycles. The number of aliphatic imine (C=N–C) groups is 1. The molecule has 1 heterocycles. The van der Waals surface area contributed by atoms with Crippen LogP contribution in [0.5, 0.6) is 0 Å². The SMILES string of the molecule is CC1(CN=C(NN)NC2CCCC2)CCCO1. The maximum absolute atomic E-state index is 5.70. The van der Waals surface area contributed by atoms with E-state index in [0.717, 1.165) is 19.4 Å². The lowest BCUT2D eigenvalue weighted by Gasteiger charge is -2.22. The molecule has 0 amide bonds.